The van der Waals surface area contributed by atoms with Gasteiger partial charge in [-0.1, -0.05) is 42.5 Å². The van der Waals surface area contributed by atoms with Crippen LogP contribution in [0.1, 0.15) is 15.9 Å². The predicted molar refractivity (Wildman–Crippen MR) is 116 cm³/mol. The number of carbonyl (C=O) groups is 1. The predicted octanol–water partition coefficient (Wildman–Crippen LogP) is 3.66. The van der Waals surface area contributed by atoms with E-state index in [0.29, 0.717) is 41.1 Å². The van der Waals surface area contributed by atoms with E-state index in [1.54, 1.807) is 36.5 Å². The molecule has 31 heavy (non-hydrogen) atoms. The van der Waals surface area contributed by atoms with Gasteiger partial charge in [-0.2, -0.15) is 9.67 Å². The zero-order valence-electron chi connectivity index (χ0n) is 17.1. The Bertz CT molecular complexity index is 1180. The second-order valence-corrected chi connectivity index (χ2v) is 6.57. The van der Waals surface area contributed by atoms with Crippen LogP contribution in [0.25, 0.3) is 11.5 Å². The molecule has 0 atom stereocenters. The van der Waals surface area contributed by atoms with E-state index in [-0.39, 0.29) is 0 Å². The van der Waals surface area contributed by atoms with Crippen molar-refractivity contribution in [2.45, 2.75) is 6.54 Å². The van der Waals surface area contributed by atoms with Gasteiger partial charge in [0.25, 0.3) is 5.91 Å². The highest BCUT2D eigenvalue weighted by atomic mass is 16.5. The summed E-state index contributed by atoms with van der Waals surface area (Å²) in [6, 6.07) is 20.4. The molecular formula is C23H21N5O3. The van der Waals surface area contributed by atoms with Crippen LogP contribution in [0.4, 0.5) is 5.95 Å². The Hall–Kier alpha value is -4.20. The Kier molecular flexibility index (Phi) is 5.89. The molecule has 8 heteroatoms. The minimum atomic E-state index is -0.402. The van der Waals surface area contributed by atoms with Crippen molar-refractivity contribution in [2.24, 2.45) is 0 Å². The summed E-state index contributed by atoms with van der Waals surface area (Å²) in [5, 5.41) is 7.64. The standard InChI is InChI=1S/C23H21N5O3/c1-30-19-13-8-11-17(20(19)31-2)22(29)28-23(25-15-16-9-4-3-5-10-16)26-21(27-28)18-12-6-7-14-24-18/h3-14H,15H2,1-2H3,(H,25,26,27). The molecule has 2 heterocycles. The monoisotopic (exact) mass is 415 g/mol. The molecule has 1 N–H and O–H groups in total. The lowest BCUT2D eigenvalue weighted by Gasteiger charge is -2.12. The van der Waals surface area contributed by atoms with Gasteiger partial charge in [0.2, 0.25) is 11.8 Å². The van der Waals surface area contributed by atoms with Gasteiger partial charge in [-0.25, -0.2) is 0 Å². The van der Waals surface area contributed by atoms with E-state index in [1.807, 2.05) is 36.4 Å². The molecule has 4 aromatic rings. The van der Waals surface area contributed by atoms with Crippen molar-refractivity contribution >= 4 is 11.9 Å². The lowest BCUT2D eigenvalue weighted by Crippen LogP contribution is -2.18. The van der Waals surface area contributed by atoms with Gasteiger partial charge in [0.1, 0.15) is 5.69 Å². The SMILES string of the molecule is COc1cccc(C(=O)n2nc(-c3ccccn3)nc2NCc2ccccc2)c1OC. The molecule has 0 aliphatic heterocycles. The number of nitrogens with one attached hydrogen (secondary N) is 1. The van der Waals surface area contributed by atoms with E-state index < -0.39 is 5.91 Å². The third kappa shape index (κ3) is 4.23. The molecule has 0 aliphatic carbocycles. The normalized spacial score (nSPS) is 10.5. The largest absolute Gasteiger partial charge is 0.493 e. The van der Waals surface area contributed by atoms with E-state index in [1.165, 1.54) is 18.9 Å². The number of hydrogen-bond acceptors (Lipinski definition) is 7. The first kappa shape index (κ1) is 20.1. The quantitative estimate of drug-likeness (QED) is 0.492. The maximum absolute atomic E-state index is 13.4. The third-order valence-corrected chi connectivity index (χ3v) is 4.62. The highest BCUT2D eigenvalue weighted by Gasteiger charge is 2.23. The van der Waals surface area contributed by atoms with E-state index in [0.717, 1.165) is 5.56 Å². The van der Waals surface area contributed by atoms with Gasteiger partial charge in [0.05, 0.1) is 19.8 Å². The van der Waals surface area contributed by atoms with Crippen molar-refractivity contribution in [2.75, 3.05) is 19.5 Å². The van der Waals surface area contributed by atoms with Crippen LogP contribution in [0.5, 0.6) is 11.5 Å². The molecule has 4 rings (SSSR count). The molecule has 0 fully saturated rings. The van der Waals surface area contributed by atoms with Gasteiger partial charge in [-0.15, -0.1) is 5.10 Å². The Morgan fingerprint density at radius 1 is 0.968 bits per heavy atom. The van der Waals surface area contributed by atoms with Gasteiger partial charge in [-0.3, -0.25) is 9.78 Å². The van der Waals surface area contributed by atoms with E-state index in [4.69, 9.17) is 9.47 Å². The molecule has 0 amide bonds. The first-order valence-electron chi connectivity index (χ1n) is 9.63. The number of benzene rings is 2. The van der Waals surface area contributed by atoms with Gasteiger partial charge in [0.15, 0.2) is 11.5 Å². The van der Waals surface area contributed by atoms with Crippen molar-refractivity contribution < 1.29 is 14.3 Å². The molecule has 156 valence electrons. The van der Waals surface area contributed by atoms with Crippen molar-refractivity contribution in [3.05, 3.63) is 84.1 Å². The number of carbonyl (C=O) groups excluding carboxylic acids is 1. The number of aromatic nitrogens is 4. The van der Waals surface area contributed by atoms with Gasteiger partial charge in [-0.05, 0) is 29.8 Å². The summed E-state index contributed by atoms with van der Waals surface area (Å²) in [7, 11) is 3.01. The molecule has 2 aromatic heterocycles. The van der Waals surface area contributed by atoms with Crippen LogP contribution < -0.4 is 14.8 Å². The van der Waals surface area contributed by atoms with Gasteiger partial charge in [0, 0.05) is 12.7 Å². The Morgan fingerprint density at radius 3 is 2.48 bits per heavy atom. The minimum Gasteiger partial charge on any atom is -0.493 e. The number of para-hydroxylation sites is 1. The minimum absolute atomic E-state index is 0.305. The number of methoxy groups -OCH3 is 2. The number of nitrogens with zero attached hydrogens (tertiary/aromatic N) is 4. The summed E-state index contributed by atoms with van der Waals surface area (Å²) in [6.07, 6.45) is 1.65. The lowest BCUT2D eigenvalue weighted by atomic mass is 10.1. The van der Waals surface area contributed by atoms with Crippen LogP contribution in [-0.2, 0) is 6.54 Å². The number of ether oxygens (including phenoxy) is 2. The van der Waals surface area contributed by atoms with E-state index in [9.17, 15) is 4.79 Å². The van der Waals surface area contributed by atoms with E-state index in [2.05, 4.69) is 20.4 Å². The zero-order chi connectivity index (χ0) is 21.6. The molecule has 0 bridgehead atoms. The number of pyridine rings is 1. The average molecular weight is 415 g/mol. The lowest BCUT2D eigenvalue weighted by molar-refractivity contribution is 0.0944. The highest BCUT2D eigenvalue weighted by Crippen LogP contribution is 2.31. The second-order valence-electron chi connectivity index (χ2n) is 6.57. The fourth-order valence-electron chi connectivity index (χ4n) is 3.12. The molecular weight excluding hydrogens is 394 g/mol. The second kappa shape index (κ2) is 9.08. The third-order valence-electron chi connectivity index (χ3n) is 4.62. The van der Waals surface area contributed by atoms with Crippen LogP contribution in [0.3, 0.4) is 0 Å². The van der Waals surface area contributed by atoms with Gasteiger partial charge >= 0.3 is 0 Å². The van der Waals surface area contributed by atoms with Crippen LogP contribution in [-0.4, -0.2) is 39.9 Å². The first-order chi connectivity index (χ1) is 15.2. The Labute approximate surface area is 179 Å². The maximum Gasteiger partial charge on any atom is 0.285 e. The fourth-order valence-corrected chi connectivity index (χ4v) is 3.12. The Balaban J connectivity index is 1.75. The first-order valence-corrected chi connectivity index (χ1v) is 9.63. The molecule has 0 unspecified atom stereocenters. The molecule has 0 radical (unpaired) electrons. The van der Waals surface area contributed by atoms with Crippen LogP contribution in [0.2, 0.25) is 0 Å². The summed E-state index contributed by atoms with van der Waals surface area (Å²) in [5.41, 5.74) is 1.92. The summed E-state index contributed by atoms with van der Waals surface area (Å²) in [4.78, 5) is 22.3. The van der Waals surface area contributed by atoms with Crippen molar-refractivity contribution in [3.63, 3.8) is 0 Å². The molecule has 0 saturated carbocycles. The Morgan fingerprint density at radius 2 is 1.77 bits per heavy atom. The summed E-state index contributed by atoms with van der Waals surface area (Å²) >= 11 is 0. The number of hydrogen-bond donors (Lipinski definition) is 1. The topological polar surface area (TPSA) is 91.2 Å². The van der Waals surface area contributed by atoms with Crippen molar-refractivity contribution in [3.8, 4) is 23.0 Å². The zero-order valence-corrected chi connectivity index (χ0v) is 17.1. The van der Waals surface area contributed by atoms with Crippen LogP contribution in [0, 0.1) is 0 Å². The van der Waals surface area contributed by atoms with Crippen molar-refractivity contribution in [1.29, 1.82) is 0 Å². The summed E-state index contributed by atoms with van der Waals surface area (Å²) < 4.78 is 12.0. The molecule has 8 nitrogen and oxygen atoms in total. The maximum atomic E-state index is 13.4. The molecule has 0 saturated heterocycles. The molecule has 0 spiro atoms. The molecule has 0 aliphatic rings. The van der Waals surface area contributed by atoms with Crippen LogP contribution >= 0.6 is 0 Å². The summed E-state index contributed by atoms with van der Waals surface area (Å²) in [6.45, 7) is 0.476. The number of rotatable bonds is 7. The van der Waals surface area contributed by atoms with Gasteiger partial charge < -0.3 is 14.8 Å². The fraction of sp³-hybridized carbons (Fsp3) is 0.130. The molecule has 2 aromatic carbocycles. The van der Waals surface area contributed by atoms with Crippen molar-refractivity contribution in [1.82, 2.24) is 19.7 Å². The summed E-state index contributed by atoms with van der Waals surface area (Å²) in [5.74, 6) is 1.03. The smallest absolute Gasteiger partial charge is 0.285 e. The van der Waals surface area contributed by atoms with Crippen LogP contribution in [0.15, 0.2) is 72.9 Å². The highest BCUT2D eigenvalue weighted by molar-refractivity contribution is 6.00. The average Bonchev–Trinajstić information content (AvgIpc) is 3.27. The number of anilines is 1. The van der Waals surface area contributed by atoms with E-state index >= 15 is 0 Å².